The van der Waals surface area contributed by atoms with Crippen LogP contribution in [0.3, 0.4) is 0 Å². The van der Waals surface area contributed by atoms with Gasteiger partial charge in [-0.2, -0.15) is 0 Å². The lowest BCUT2D eigenvalue weighted by Crippen LogP contribution is -2.34. The summed E-state index contributed by atoms with van der Waals surface area (Å²) in [6.45, 7) is 3.17. The van der Waals surface area contributed by atoms with Crippen LogP contribution in [0.1, 0.15) is 30.9 Å². The van der Waals surface area contributed by atoms with Gasteiger partial charge in [-0.3, -0.25) is 9.69 Å². The topological polar surface area (TPSA) is 32.3 Å². The maximum absolute atomic E-state index is 13.6. The number of hydrogen-bond acceptors (Lipinski definition) is 2. The van der Waals surface area contributed by atoms with Gasteiger partial charge in [0.2, 0.25) is 5.91 Å². The van der Waals surface area contributed by atoms with Gasteiger partial charge >= 0.3 is 0 Å². The van der Waals surface area contributed by atoms with Crippen LogP contribution in [0.15, 0.2) is 48.5 Å². The maximum atomic E-state index is 13.6. The number of carbonyl (C=O) groups is 1. The van der Waals surface area contributed by atoms with E-state index in [1.807, 2.05) is 0 Å². The zero-order valence-electron chi connectivity index (χ0n) is 14.0. The van der Waals surface area contributed by atoms with Gasteiger partial charge in [0.1, 0.15) is 5.82 Å². The van der Waals surface area contributed by atoms with Gasteiger partial charge in [-0.15, -0.1) is 0 Å². The minimum Gasteiger partial charge on any atom is -0.322 e. The summed E-state index contributed by atoms with van der Waals surface area (Å²) in [5, 5.41) is 2.67. The lowest BCUT2D eigenvalue weighted by Gasteiger charge is -2.21. The Hall–Kier alpha value is -2.20. The van der Waals surface area contributed by atoms with E-state index < -0.39 is 5.82 Å². The second-order valence-electron chi connectivity index (χ2n) is 6.33. The molecule has 0 bridgehead atoms. The summed E-state index contributed by atoms with van der Waals surface area (Å²) < 4.78 is 13.6. The van der Waals surface area contributed by atoms with Crippen LogP contribution in [-0.2, 0) is 17.8 Å². The van der Waals surface area contributed by atoms with Gasteiger partial charge in [0, 0.05) is 12.6 Å². The third-order valence-corrected chi connectivity index (χ3v) is 4.37. The highest BCUT2D eigenvalue weighted by molar-refractivity contribution is 5.92. The molecular formula is C20H23FN2O. The monoisotopic (exact) mass is 326 g/mol. The number of rotatable bonds is 7. The summed E-state index contributed by atoms with van der Waals surface area (Å²) >= 11 is 0. The molecule has 1 fully saturated rings. The number of nitrogens with one attached hydrogen (secondary N) is 1. The molecule has 0 radical (unpaired) electrons. The summed E-state index contributed by atoms with van der Waals surface area (Å²) in [6.07, 6.45) is 3.28. The number of amides is 1. The highest BCUT2D eigenvalue weighted by Gasteiger charge is 2.30. The number of carbonyl (C=O) groups excluding carboxylic acids is 1. The molecule has 2 aromatic rings. The fraction of sp³-hybridized carbons (Fsp3) is 0.350. The molecule has 0 heterocycles. The second-order valence-corrected chi connectivity index (χ2v) is 6.33. The van der Waals surface area contributed by atoms with Crippen molar-refractivity contribution in [3.8, 4) is 0 Å². The fourth-order valence-corrected chi connectivity index (χ4v) is 2.81. The first-order valence-corrected chi connectivity index (χ1v) is 8.52. The molecule has 1 aliphatic carbocycles. The SMILES string of the molecule is CCc1ccc(CN(CC(=O)Nc2ccccc2F)C2CC2)cc1. The van der Waals surface area contributed by atoms with E-state index in [2.05, 4.69) is 41.4 Å². The van der Waals surface area contributed by atoms with Crippen molar-refractivity contribution in [1.29, 1.82) is 0 Å². The van der Waals surface area contributed by atoms with Crippen molar-refractivity contribution in [2.24, 2.45) is 0 Å². The quantitative estimate of drug-likeness (QED) is 0.834. The summed E-state index contributed by atoms with van der Waals surface area (Å²) in [5.41, 5.74) is 2.76. The van der Waals surface area contributed by atoms with E-state index in [-0.39, 0.29) is 18.1 Å². The Bertz CT molecular complexity index is 695. The normalized spacial score (nSPS) is 14.0. The minimum atomic E-state index is -0.404. The Morgan fingerprint density at radius 2 is 1.79 bits per heavy atom. The van der Waals surface area contributed by atoms with Crippen LogP contribution in [0.2, 0.25) is 0 Å². The highest BCUT2D eigenvalue weighted by Crippen LogP contribution is 2.28. The molecule has 24 heavy (non-hydrogen) atoms. The minimum absolute atomic E-state index is 0.169. The Labute approximate surface area is 142 Å². The van der Waals surface area contributed by atoms with Crippen molar-refractivity contribution in [2.45, 2.75) is 38.8 Å². The van der Waals surface area contributed by atoms with E-state index in [4.69, 9.17) is 0 Å². The van der Waals surface area contributed by atoms with Crippen LogP contribution in [0, 0.1) is 5.82 Å². The summed E-state index contributed by atoms with van der Waals surface area (Å²) in [7, 11) is 0. The second kappa shape index (κ2) is 7.58. The first-order valence-electron chi connectivity index (χ1n) is 8.52. The summed E-state index contributed by atoms with van der Waals surface area (Å²) in [5.74, 6) is -0.573. The van der Waals surface area contributed by atoms with Crippen molar-refractivity contribution < 1.29 is 9.18 Å². The molecule has 0 aliphatic heterocycles. The van der Waals surface area contributed by atoms with Gasteiger partial charge in [-0.25, -0.2) is 4.39 Å². The third kappa shape index (κ3) is 4.42. The molecule has 0 spiro atoms. The zero-order valence-corrected chi connectivity index (χ0v) is 14.0. The van der Waals surface area contributed by atoms with E-state index in [0.29, 0.717) is 6.04 Å². The largest absolute Gasteiger partial charge is 0.322 e. The van der Waals surface area contributed by atoms with Crippen molar-refractivity contribution in [2.75, 3.05) is 11.9 Å². The Kier molecular flexibility index (Phi) is 5.26. The molecule has 1 aliphatic rings. The van der Waals surface area contributed by atoms with E-state index in [0.717, 1.165) is 25.8 Å². The van der Waals surface area contributed by atoms with Gasteiger partial charge < -0.3 is 5.32 Å². The van der Waals surface area contributed by atoms with E-state index in [1.54, 1.807) is 18.2 Å². The molecule has 1 saturated carbocycles. The first kappa shape index (κ1) is 16.7. The Morgan fingerprint density at radius 3 is 2.42 bits per heavy atom. The van der Waals surface area contributed by atoms with Crippen LogP contribution >= 0.6 is 0 Å². The average Bonchev–Trinajstić information content (AvgIpc) is 3.42. The predicted octanol–water partition coefficient (Wildman–Crippen LogP) is 3.99. The van der Waals surface area contributed by atoms with Crippen LogP contribution in [0.5, 0.6) is 0 Å². The van der Waals surface area contributed by atoms with Gasteiger partial charge in [0.15, 0.2) is 0 Å². The van der Waals surface area contributed by atoms with Crippen LogP contribution < -0.4 is 5.32 Å². The summed E-state index contributed by atoms with van der Waals surface area (Å²) in [6, 6.07) is 15.3. The first-order chi connectivity index (χ1) is 11.7. The standard InChI is InChI=1S/C20H23FN2O/c1-2-15-7-9-16(10-8-15)13-23(17-11-12-17)14-20(24)22-19-6-4-3-5-18(19)21/h3-10,17H,2,11-14H2,1H3,(H,22,24). The molecule has 1 amide bonds. The molecule has 4 heteroatoms. The molecule has 1 N–H and O–H groups in total. The predicted molar refractivity (Wildman–Crippen MR) is 94.3 cm³/mol. The average molecular weight is 326 g/mol. The Morgan fingerprint density at radius 1 is 1.12 bits per heavy atom. The number of halogens is 1. The van der Waals surface area contributed by atoms with Crippen LogP contribution in [0.4, 0.5) is 10.1 Å². The van der Waals surface area contributed by atoms with Crippen molar-refractivity contribution in [3.05, 3.63) is 65.5 Å². The van der Waals surface area contributed by atoms with Crippen molar-refractivity contribution >= 4 is 11.6 Å². The molecule has 2 aromatic carbocycles. The molecule has 0 saturated heterocycles. The van der Waals surface area contributed by atoms with E-state index >= 15 is 0 Å². The van der Waals surface area contributed by atoms with Gasteiger partial charge in [0.05, 0.1) is 12.2 Å². The van der Waals surface area contributed by atoms with E-state index in [9.17, 15) is 9.18 Å². The smallest absolute Gasteiger partial charge is 0.238 e. The van der Waals surface area contributed by atoms with Crippen LogP contribution in [-0.4, -0.2) is 23.4 Å². The number of benzene rings is 2. The number of hydrogen-bond donors (Lipinski definition) is 1. The van der Waals surface area contributed by atoms with Gasteiger partial charge in [-0.1, -0.05) is 43.3 Å². The zero-order chi connectivity index (χ0) is 16.9. The fourth-order valence-electron chi connectivity index (χ4n) is 2.81. The van der Waals surface area contributed by atoms with Crippen molar-refractivity contribution in [1.82, 2.24) is 4.90 Å². The lowest BCUT2D eigenvalue weighted by molar-refractivity contribution is -0.117. The third-order valence-electron chi connectivity index (χ3n) is 4.37. The highest BCUT2D eigenvalue weighted by atomic mass is 19.1. The van der Waals surface area contributed by atoms with Gasteiger partial charge in [0.25, 0.3) is 0 Å². The maximum Gasteiger partial charge on any atom is 0.238 e. The van der Waals surface area contributed by atoms with Crippen molar-refractivity contribution in [3.63, 3.8) is 0 Å². The Balaban J connectivity index is 1.61. The summed E-state index contributed by atoms with van der Waals surface area (Å²) in [4.78, 5) is 14.5. The number of aryl methyl sites for hydroxylation is 1. The van der Waals surface area contributed by atoms with Crippen LogP contribution in [0.25, 0.3) is 0 Å². The number of nitrogens with zero attached hydrogens (tertiary/aromatic N) is 1. The molecule has 0 aromatic heterocycles. The molecule has 0 atom stereocenters. The molecule has 0 unspecified atom stereocenters. The molecule has 3 nitrogen and oxygen atoms in total. The number of anilines is 1. The lowest BCUT2D eigenvalue weighted by atomic mass is 10.1. The molecule has 126 valence electrons. The molecule has 3 rings (SSSR count). The molecular weight excluding hydrogens is 303 g/mol. The number of para-hydroxylation sites is 1. The van der Waals surface area contributed by atoms with E-state index in [1.165, 1.54) is 17.2 Å². The van der Waals surface area contributed by atoms with Gasteiger partial charge in [-0.05, 0) is 42.5 Å².